The largest absolute Gasteiger partial charge is 0.497 e. The first kappa shape index (κ1) is 18.3. The Balaban J connectivity index is 1.65. The van der Waals surface area contributed by atoms with E-state index in [1.54, 1.807) is 14.2 Å². The first-order valence-corrected chi connectivity index (χ1v) is 9.28. The van der Waals surface area contributed by atoms with Crippen molar-refractivity contribution in [1.29, 1.82) is 0 Å². The van der Waals surface area contributed by atoms with Gasteiger partial charge in [0.05, 0.1) is 20.3 Å². The number of rotatable bonds is 7. The molecule has 1 amide bonds. The van der Waals surface area contributed by atoms with Crippen molar-refractivity contribution in [3.8, 4) is 11.5 Å². The Labute approximate surface area is 155 Å². The molecule has 0 aromatic heterocycles. The zero-order valence-corrected chi connectivity index (χ0v) is 15.6. The maximum absolute atomic E-state index is 12.8. The molecule has 0 saturated carbocycles. The van der Waals surface area contributed by atoms with E-state index < -0.39 is 0 Å². The lowest BCUT2D eigenvalue weighted by molar-refractivity contribution is -0.132. The number of ether oxygens (including phenoxy) is 2. The van der Waals surface area contributed by atoms with Crippen LogP contribution in [0.4, 0.5) is 0 Å². The van der Waals surface area contributed by atoms with Gasteiger partial charge in [0.25, 0.3) is 0 Å². The van der Waals surface area contributed by atoms with E-state index in [0.29, 0.717) is 6.42 Å². The van der Waals surface area contributed by atoms with Crippen LogP contribution in [0.5, 0.6) is 11.5 Å². The average molecular weight is 353 g/mol. The topological polar surface area (TPSA) is 38.8 Å². The van der Waals surface area contributed by atoms with E-state index in [4.69, 9.17) is 9.47 Å². The number of carbonyl (C=O) groups is 1. The Morgan fingerprint density at radius 1 is 1.12 bits per heavy atom. The van der Waals surface area contributed by atoms with Gasteiger partial charge in [-0.25, -0.2) is 0 Å². The molecule has 0 aliphatic carbocycles. The first-order chi connectivity index (χ1) is 12.7. The number of carbonyl (C=O) groups excluding carboxylic acids is 1. The van der Waals surface area contributed by atoms with Gasteiger partial charge in [0.2, 0.25) is 5.91 Å². The molecule has 0 spiro atoms. The summed E-state index contributed by atoms with van der Waals surface area (Å²) in [5.74, 6) is 1.80. The van der Waals surface area contributed by atoms with E-state index in [2.05, 4.69) is 12.1 Å². The molecule has 2 aromatic carbocycles. The monoisotopic (exact) mass is 353 g/mol. The molecule has 1 heterocycles. The van der Waals surface area contributed by atoms with Crippen molar-refractivity contribution >= 4 is 5.91 Å². The van der Waals surface area contributed by atoms with Crippen LogP contribution in [-0.2, 0) is 11.2 Å². The molecule has 0 bridgehead atoms. The fourth-order valence-electron chi connectivity index (χ4n) is 3.71. The summed E-state index contributed by atoms with van der Waals surface area (Å²) >= 11 is 0. The third kappa shape index (κ3) is 4.18. The van der Waals surface area contributed by atoms with E-state index >= 15 is 0 Å². The van der Waals surface area contributed by atoms with E-state index in [-0.39, 0.29) is 11.9 Å². The van der Waals surface area contributed by atoms with Crippen LogP contribution < -0.4 is 9.47 Å². The fraction of sp³-hybridized carbons (Fsp3) is 0.409. The van der Waals surface area contributed by atoms with Gasteiger partial charge < -0.3 is 14.4 Å². The number of methoxy groups -OCH3 is 2. The van der Waals surface area contributed by atoms with Gasteiger partial charge in [-0.1, -0.05) is 30.3 Å². The molecule has 0 N–H and O–H groups in total. The third-order valence-corrected chi connectivity index (χ3v) is 5.07. The molecule has 138 valence electrons. The molecule has 26 heavy (non-hydrogen) atoms. The van der Waals surface area contributed by atoms with Crippen molar-refractivity contribution in [1.82, 2.24) is 4.90 Å². The summed E-state index contributed by atoms with van der Waals surface area (Å²) in [5.41, 5.74) is 2.36. The number of hydrogen-bond donors (Lipinski definition) is 0. The van der Waals surface area contributed by atoms with Crippen LogP contribution in [0.25, 0.3) is 0 Å². The molecular weight excluding hydrogens is 326 g/mol. The average Bonchev–Trinajstić information content (AvgIpc) is 3.18. The minimum atomic E-state index is 0.0973. The molecule has 1 fully saturated rings. The summed E-state index contributed by atoms with van der Waals surface area (Å²) in [6.07, 6.45) is 4.42. The Morgan fingerprint density at radius 2 is 1.92 bits per heavy atom. The van der Waals surface area contributed by atoms with Crippen molar-refractivity contribution in [2.75, 3.05) is 20.8 Å². The standard InChI is InChI=1S/C22H27NO3/c1-25-18-13-14-19(21(16-18)26-2)20-11-7-15-23(20)22(24)12-6-10-17-8-4-3-5-9-17/h3-5,8-9,13-14,16,20H,6-7,10-12,15H2,1-2H3. The van der Waals surface area contributed by atoms with Gasteiger partial charge in [-0.3, -0.25) is 4.79 Å². The number of hydrogen-bond acceptors (Lipinski definition) is 3. The van der Waals surface area contributed by atoms with Crippen molar-refractivity contribution in [3.05, 3.63) is 59.7 Å². The van der Waals surface area contributed by atoms with Crippen molar-refractivity contribution in [2.45, 2.75) is 38.1 Å². The zero-order chi connectivity index (χ0) is 18.4. The molecule has 4 nitrogen and oxygen atoms in total. The predicted molar refractivity (Wildman–Crippen MR) is 103 cm³/mol. The second-order valence-corrected chi connectivity index (χ2v) is 6.69. The SMILES string of the molecule is COc1ccc(C2CCCN2C(=O)CCCc2ccccc2)c(OC)c1. The highest BCUT2D eigenvalue weighted by Crippen LogP contribution is 2.39. The van der Waals surface area contributed by atoms with Crippen molar-refractivity contribution in [3.63, 3.8) is 0 Å². The smallest absolute Gasteiger partial charge is 0.223 e. The van der Waals surface area contributed by atoms with Crippen LogP contribution in [0, 0.1) is 0 Å². The van der Waals surface area contributed by atoms with Gasteiger partial charge in [0, 0.05) is 24.6 Å². The number of aryl methyl sites for hydroxylation is 1. The lowest BCUT2D eigenvalue weighted by Crippen LogP contribution is -2.30. The quantitative estimate of drug-likeness (QED) is 0.741. The molecular formula is C22H27NO3. The van der Waals surface area contributed by atoms with Crippen molar-refractivity contribution < 1.29 is 14.3 Å². The second kappa shape index (κ2) is 8.75. The molecule has 0 radical (unpaired) electrons. The molecule has 1 saturated heterocycles. The predicted octanol–water partition coefficient (Wildman–Crippen LogP) is 4.39. The van der Waals surface area contributed by atoms with E-state index in [9.17, 15) is 4.79 Å². The van der Waals surface area contributed by atoms with E-state index in [0.717, 1.165) is 49.3 Å². The highest BCUT2D eigenvalue weighted by molar-refractivity contribution is 5.77. The Bertz CT molecular complexity index is 729. The maximum atomic E-state index is 12.8. The van der Waals surface area contributed by atoms with Crippen LogP contribution >= 0.6 is 0 Å². The fourth-order valence-corrected chi connectivity index (χ4v) is 3.71. The number of likely N-dealkylation sites (tertiary alicyclic amines) is 1. The summed E-state index contributed by atoms with van der Waals surface area (Å²) in [6, 6.07) is 16.3. The third-order valence-electron chi connectivity index (χ3n) is 5.07. The summed E-state index contributed by atoms with van der Waals surface area (Å²) in [7, 11) is 3.31. The number of benzene rings is 2. The molecule has 2 aromatic rings. The summed E-state index contributed by atoms with van der Waals surface area (Å²) in [5, 5.41) is 0. The first-order valence-electron chi connectivity index (χ1n) is 9.28. The minimum Gasteiger partial charge on any atom is -0.497 e. The number of nitrogens with zero attached hydrogens (tertiary/aromatic N) is 1. The lowest BCUT2D eigenvalue weighted by atomic mass is 10.0. The summed E-state index contributed by atoms with van der Waals surface area (Å²) in [4.78, 5) is 14.8. The van der Waals surface area contributed by atoms with Gasteiger partial charge in [-0.2, -0.15) is 0 Å². The van der Waals surface area contributed by atoms with Gasteiger partial charge in [0.1, 0.15) is 11.5 Å². The van der Waals surface area contributed by atoms with Gasteiger partial charge in [-0.15, -0.1) is 0 Å². The Hall–Kier alpha value is -2.49. The number of amides is 1. The summed E-state index contributed by atoms with van der Waals surface area (Å²) < 4.78 is 10.8. The molecule has 1 unspecified atom stereocenters. The van der Waals surface area contributed by atoms with Crippen LogP contribution in [-0.4, -0.2) is 31.6 Å². The molecule has 1 aliphatic rings. The van der Waals surface area contributed by atoms with Crippen LogP contribution in [0.2, 0.25) is 0 Å². The molecule has 1 aliphatic heterocycles. The molecule has 3 rings (SSSR count). The van der Waals surface area contributed by atoms with Crippen LogP contribution in [0.1, 0.15) is 42.9 Å². The molecule has 4 heteroatoms. The Kier molecular flexibility index (Phi) is 6.16. The molecule has 1 atom stereocenters. The second-order valence-electron chi connectivity index (χ2n) is 6.69. The normalized spacial score (nSPS) is 16.5. The highest BCUT2D eigenvalue weighted by Gasteiger charge is 2.31. The van der Waals surface area contributed by atoms with Gasteiger partial charge in [-0.05, 0) is 43.4 Å². The Morgan fingerprint density at radius 3 is 2.65 bits per heavy atom. The van der Waals surface area contributed by atoms with Crippen LogP contribution in [0.15, 0.2) is 48.5 Å². The highest BCUT2D eigenvalue weighted by atomic mass is 16.5. The minimum absolute atomic E-state index is 0.0973. The van der Waals surface area contributed by atoms with Crippen LogP contribution in [0.3, 0.4) is 0 Å². The zero-order valence-electron chi connectivity index (χ0n) is 15.6. The van der Waals surface area contributed by atoms with Crippen molar-refractivity contribution in [2.24, 2.45) is 0 Å². The van der Waals surface area contributed by atoms with Gasteiger partial charge in [0.15, 0.2) is 0 Å². The van der Waals surface area contributed by atoms with E-state index in [1.165, 1.54) is 5.56 Å². The van der Waals surface area contributed by atoms with Gasteiger partial charge >= 0.3 is 0 Å². The maximum Gasteiger partial charge on any atom is 0.223 e. The summed E-state index contributed by atoms with van der Waals surface area (Å²) in [6.45, 7) is 0.823. The van der Waals surface area contributed by atoms with E-state index in [1.807, 2.05) is 41.3 Å². The lowest BCUT2D eigenvalue weighted by Gasteiger charge is -2.26.